The van der Waals surface area contributed by atoms with Gasteiger partial charge in [-0.05, 0) is 20.3 Å². The maximum absolute atomic E-state index is 12.1. The van der Waals surface area contributed by atoms with E-state index in [4.69, 9.17) is 0 Å². The van der Waals surface area contributed by atoms with E-state index in [2.05, 4.69) is 10.3 Å². The van der Waals surface area contributed by atoms with Gasteiger partial charge in [-0.2, -0.15) is 0 Å². The van der Waals surface area contributed by atoms with Crippen molar-refractivity contribution in [2.24, 2.45) is 4.99 Å². The number of guanidine groups is 1. The highest BCUT2D eigenvalue weighted by Crippen LogP contribution is 2.23. The van der Waals surface area contributed by atoms with Crippen LogP contribution in [0.3, 0.4) is 0 Å². The Balaban J connectivity index is 2.55. The maximum Gasteiger partial charge on any atom is 0.211 e. The second kappa shape index (κ2) is 8.01. The van der Waals surface area contributed by atoms with Crippen molar-refractivity contribution in [1.82, 2.24) is 14.5 Å². The summed E-state index contributed by atoms with van der Waals surface area (Å²) < 4.78 is 47.8. The number of nitrogens with one attached hydrogen (secondary N) is 1. The van der Waals surface area contributed by atoms with Gasteiger partial charge < -0.3 is 10.2 Å². The lowest BCUT2D eigenvalue weighted by atomic mass is 10.2. The number of aliphatic imine (C=N–C) groups is 1. The molecule has 24 heavy (non-hydrogen) atoms. The van der Waals surface area contributed by atoms with Gasteiger partial charge in [-0.25, -0.2) is 21.1 Å². The van der Waals surface area contributed by atoms with E-state index < -0.39 is 24.6 Å². The molecular formula is C14H30N4O4S2. The molecule has 0 spiro atoms. The smallest absolute Gasteiger partial charge is 0.211 e. The molecule has 1 rings (SSSR count). The zero-order valence-corrected chi connectivity index (χ0v) is 16.9. The molecule has 0 amide bonds. The average molecular weight is 383 g/mol. The van der Waals surface area contributed by atoms with E-state index >= 15 is 0 Å². The van der Waals surface area contributed by atoms with Crippen LogP contribution in [0.2, 0.25) is 0 Å². The lowest BCUT2D eigenvalue weighted by Gasteiger charge is -2.39. The molecule has 0 aliphatic carbocycles. The second-order valence-corrected chi connectivity index (χ2v) is 11.3. The zero-order chi connectivity index (χ0) is 18.6. The summed E-state index contributed by atoms with van der Waals surface area (Å²) in [5, 5.41) is 3.19. The van der Waals surface area contributed by atoms with Crippen LogP contribution in [0.1, 0.15) is 27.2 Å². The third-order valence-corrected chi connectivity index (χ3v) is 8.16. The molecule has 0 aromatic carbocycles. The van der Waals surface area contributed by atoms with Gasteiger partial charge in [0.15, 0.2) is 15.8 Å². The van der Waals surface area contributed by atoms with Gasteiger partial charge in [0.25, 0.3) is 0 Å². The van der Waals surface area contributed by atoms with E-state index in [0.29, 0.717) is 45.1 Å². The maximum atomic E-state index is 12.1. The minimum atomic E-state index is -3.17. The van der Waals surface area contributed by atoms with Crippen molar-refractivity contribution in [1.29, 1.82) is 0 Å². The highest BCUT2D eigenvalue weighted by atomic mass is 32.2. The summed E-state index contributed by atoms with van der Waals surface area (Å²) in [6.07, 6.45) is 1.86. The Morgan fingerprint density at radius 1 is 1.38 bits per heavy atom. The number of sulfone groups is 1. The van der Waals surface area contributed by atoms with Crippen LogP contribution in [0.5, 0.6) is 0 Å². The van der Waals surface area contributed by atoms with Gasteiger partial charge in [0.2, 0.25) is 10.0 Å². The monoisotopic (exact) mass is 382 g/mol. The third kappa shape index (κ3) is 5.32. The molecule has 0 radical (unpaired) electrons. The molecule has 0 atom stereocenters. The molecule has 8 nitrogen and oxygen atoms in total. The van der Waals surface area contributed by atoms with Crippen molar-refractivity contribution in [3.63, 3.8) is 0 Å². The van der Waals surface area contributed by atoms with Gasteiger partial charge in [0, 0.05) is 39.8 Å². The first-order valence-corrected chi connectivity index (χ1v) is 11.6. The van der Waals surface area contributed by atoms with Crippen molar-refractivity contribution >= 4 is 25.8 Å². The largest absolute Gasteiger partial charge is 0.356 e. The lowest BCUT2D eigenvalue weighted by molar-refractivity contribution is 0.352. The van der Waals surface area contributed by atoms with E-state index in [1.807, 2.05) is 11.8 Å². The summed E-state index contributed by atoms with van der Waals surface area (Å²) in [6, 6.07) is 0. The Kier molecular flexibility index (Phi) is 7.06. The first kappa shape index (κ1) is 21.2. The van der Waals surface area contributed by atoms with Gasteiger partial charge in [-0.3, -0.25) is 4.99 Å². The predicted molar refractivity (Wildman–Crippen MR) is 97.5 cm³/mol. The Morgan fingerprint density at radius 2 is 2.00 bits per heavy atom. The SMILES string of the molecule is CCN(CCCNC(=NC)N1CCS(=O)(=O)C(C)(C)C1)S(C)(=O)=O. The summed E-state index contributed by atoms with van der Waals surface area (Å²) in [7, 11) is -4.60. The molecule has 0 aromatic rings. The number of rotatable bonds is 6. The molecule has 0 unspecified atom stereocenters. The van der Waals surface area contributed by atoms with Crippen LogP contribution in [0.4, 0.5) is 0 Å². The number of hydrogen-bond donors (Lipinski definition) is 1. The van der Waals surface area contributed by atoms with Crippen molar-refractivity contribution in [3.05, 3.63) is 0 Å². The number of nitrogens with zero attached hydrogens (tertiary/aromatic N) is 3. The second-order valence-electron chi connectivity index (χ2n) is 6.58. The fourth-order valence-electron chi connectivity index (χ4n) is 2.67. The average Bonchev–Trinajstić information content (AvgIpc) is 2.45. The standard InChI is InChI=1S/C14H30N4O4S2/c1-6-18(23(5,19)20)9-7-8-16-13(15-4)17-10-11-24(21,22)14(2,3)12-17/h6-12H2,1-5H3,(H,15,16). The fourth-order valence-corrected chi connectivity index (χ4v) is 4.97. The van der Waals surface area contributed by atoms with Gasteiger partial charge in [0.1, 0.15) is 0 Å². The number of sulfonamides is 1. The van der Waals surface area contributed by atoms with Gasteiger partial charge >= 0.3 is 0 Å². The molecule has 0 saturated carbocycles. The summed E-state index contributed by atoms with van der Waals surface area (Å²) in [4.78, 5) is 6.16. The van der Waals surface area contributed by atoms with Crippen molar-refractivity contribution in [2.45, 2.75) is 31.9 Å². The van der Waals surface area contributed by atoms with E-state index in [9.17, 15) is 16.8 Å². The molecule has 1 aliphatic rings. The molecule has 1 aliphatic heterocycles. The summed E-state index contributed by atoms with van der Waals surface area (Å²) in [5.41, 5.74) is 0. The number of hydrogen-bond acceptors (Lipinski definition) is 5. The predicted octanol–water partition coefficient (Wildman–Crippen LogP) is -0.258. The van der Waals surface area contributed by atoms with Crippen molar-refractivity contribution in [2.75, 3.05) is 51.8 Å². The molecular weight excluding hydrogens is 352 g/mol. The molecule has 0 bridgehead atoms. The summed E-state index contributed by atoms with van der Waals surface area (Å²) >= 11 is 0. The highest BCUT2D eigenvalue weighted by Gasteiger charge is 2.40. The van der Waals surface area contributed by atoms with Gasteiger partial charge in [-0.15, -0.1) is 0 Å². The quantitative estimate of drug-likeness (QED) is 0.386. The van der Waals surface area contributed by atoms with Gasteiger partial charge in [-0.1, -0.05) is 6.92 Å². The first-order chi connectivity index (χ1) is 10.9. The first-order valence-electron chi connectivity index (χ1n) is 8.07. The van der Waals surface area contributed by atoms with Crippen LogP contribution in [-0.2, 0) is 19.9 Å². The zero-order valence-electron chi connectivity index (χ0n) is 15.2. The fraction of sp³-hybridized carbons (Fsp3) is 0.929. The van der Waals surface area contributed by atoms with Crippen molar-refractivity contribution in [3.8, 4) is 0 Å². The molecule has 1 saturated heterocycles. The molecule has 1 fully saturated rings. The summed E-state index contributed by atoms with van der Waals surface area (Å²) in [6.45, 7) is 7.53. The summed E-state index contributed by atoms with van der Waals surface area (Å²) in [5.74, 6) is 0.763. The van der Waals surface area contributed by atoms with Crippen LogP contribution in [0.25, 0.3) is 0 Å². The van der Waals surface area contributed by atoms with Crippen LogP contribution in [0.15, 0.2) is 4.99 Å². The molecule has 0 aromatic heterocycles. The highest BCUT2D eigenvalue weighted by molar-refractivity contribution is 7.92. The third-order valence-electron chi connectivity index (χ3n) is 4.24. The molecule has 142 valence electrons. The van der Waals surface area contributed by atoms with Crippen LogP contribution < -0.4 is 5.32 Å². The molecule has 1 heterocycles. The molecule has 10 heteroatoms. The van der Waals surface area contributed by atoms with Crippen LogP contribution >= 0.6 is 0 Å². The van der Waals surface area contributed by atoms with Crippen molar-refractivity contribution < 1.29 is 16.8 Å². The topological polar surface area (TPSA) is 99.1 Å². The Hall–Kier alpha value is -0.870. The van der Waals surface area contributed by atoms with E-state index in [-0.39, 0.29) is 5.75 Å². The minimum Gasteiger partial charge on any atom is -0.356 e. The van der Waals surface area contributed by atoms with E-state index in [1.165, 1.54) is 10.6 Å². The van der Waals surface area contributed by atoms with E-state index in [1.54, 1.807) is 20.9 Å². The Morgan fingerprint density at radius 3 is 2.46 bits per heavy atom. The van der Waals surface area contributed by atoms with E-state index in [0.717, 1.165) is 0 Å². The Bertz CT molecular complexity index is 656. The lowest BCUT2D eigenvalue weighted by Crippen LogP contribution is -2.57. The van der Waals surface area contributed by atoms with Gasteiger partial charge in [0.05, 0.1) is 16.8 Å². The van der Waals surface area contributed by atoms with Crippen LogP contribution in [-0.4, -0.2) is 88.5 Å². The Labute approximate surface area is 146 Å². The molecule has 1 N–H and O–H groups in total. The van der Waals surface area contributed by atoms with Crippen LogP contribution in [0, 0.1) is 0 Å². The normalized spacial score (nSPS) is 21.1. The minimum absolute atomic E-state index is 0.110.